The van der Waals surface area contributed by atoms with Gasteiger partial charge in [0.1, 0.15) is 5.54 Å². The SMILES string of the molecule is CCNC(COC)(C(=O)OCC)C1CC1. The minimum absolute atomic E-state index is 0.170. The van der Waals surface area contributed by atoms with Crippen LogP contribution in [0.3, 0.4) is 0 Å². The molecule has 1 rings (SSSR count). The maximum absolute atomic E-state index is 12.0. The van der Waals surface area contributed by atoms with E-state index >= 15 is 0 Å². The molecule has 0 aliphatic heterocycles. The van der Waals surface area contributed by atoms with E-state index in [1.54, 1.807) is 7.11 Å². The van der Waals surface area contributed by atoms with Gasteiger partial charge in [0.2, 0.25) is 0 Å². The van der Waals surface area contributed by atoms with Crippen LogP contribution < -0.4 is 5.32 Å². The molecule has 1 saturated carbocycles. The van der Waals surface area contributed by atoms with Gasteiger partial charge < -0.3 is 9.47 Å². The van der Waals surface area contributed by atoms with E-state index in [1.807, 2.05) is 13.8 Å². The maximum Gasteiger partial charge on any atom is 0.329 e. The van der Waals surface area contributed by atoms with Crippen molar-refractivity contribution in [3.63, 3.8) is 0 Å². The summed E-state index contributed by atoms with van der Waals surface area (Å²) in [6.45, 7) is 5.38. The molecule has 1 unspecified atom stereocenters. The Hall–Kier alpha value is -0.610. The summed E-state index contributed by atoms with van der Waals surface area (Å²) in [5.41, 5.74) is -0.612. The van der Waals surface area contributed by atoms with Gasteiger partial charge in [0.25, 0.3) is 0 Å². The Morgan fingerprint density at radius 1 is 1.47 bits per heavy atom. The largest absolute Gasteiger partial charge is 0.465 e. The van der Waals surface area contributed by atoms with Crippen LogP contribution >= 0.6 is 0 Å². The lowest BCUT2D eigenvalue weighted by molar-refractivity contribution is -0.155. The fraction of sp³-hybridized carbons (Fsp3) is 0.909. The molecule has 1 aliphatic carbocycles. The average molecular weight is 215 g/mol. The summed E-state index contributed by atoms with van der Waals surface area (Å²) in [5, 5.41) is 3.24. The molecule has 4 heteroatoms. The number of rotatable bonds is 7. The summed E-state index contributed by atoms with van der Waals surface area (Å²) < 4.78 is 10.3. The first kappa shape index (κ1) is 12.5. The van der Waals surface area contributed by atoms with Crippen LogP contribution in [-0.4, -0.2) is 38.4 Å². The molecule has 1 atom stereocenters. The zero-order valence-electron chi connectivity index (χ0n) is 9.84. The molecular weight excluding hydrogens is 194 g/mol. The fourth-order valence-corrected chi connectivity index (χ4v) is 1.99. The second-order valence-corrected chi connectivity index (χ2v) is 3.93. The predicted octanol–water partition coefficient (Wildman–Crippen LogP) is 0.954. The summed E-state index contributed by atoms with van der Waals surface area (Å²) in [6, 6.07) is 0. The molecule has 0 spiro atoms. The molecule has 1 aliphatic rings. The van der Waals surface area contributed by atoms with Gasteiger partial charge in [-0.2, -0.15) is 0 Å². The second-order valence-electron chi connectivity index (χ2n) is 3.93. The first-order chi connectivity index (χ1) is 7.21. The molecule has 0 bridgehead atoms. The van der Waals surface area contributed by atoms with Gasteiger partial charge in [0, 0.05) is 7.11 Å². The molecule has 0 aromatic carbocycles. The lowest BCUT2D eigenvalue weighted by Gasteiger charge is -2.31. The molecule has 0 aromatic rings. The molecule has 15 heavy (non-hydrogen) atoms. The Morgan fingerprint density at radius 2 is 2.13 bits per heavy atom. The van der Waals surface area contributed by atoms with Crippen molar-refractivity contribution in [3.05, 3.63) is 0 Å². The third-order valence-corrected chi connectivity index (χ3v) is 2.78. The van der Waals surface area contributed by atoms with Crippen molar-refractivity contribution in [3.8, 4) is 0 Å². The van der Waals surface area contributed by atoms with Gasteiger partial charge in [-0.15, -0.1) is 0 Å². The number of methoxy groups -OCH3 is 1. The Kier molecular flexibility index (Phi) is 4.54. The van der Waals surface area contributed by atoms with E-state index < -0.39 is 5.54 Å². The molecular formula is C11H21NO3. The Balaban J connectivity index is 2.74. The van der Waals surface area contributed by atoms with Crippen LogP contribution in [0.4, 0.5) is 0 Å². The zero-order chi connectivity index (χ0) is 11.3. The molecule has 0 amide bonds. The zero-order valence-corrected chi connectivity index (χ0v) is 9.84. The summed E-state index contributed by atoms with van der Waals surface area (Å²) in [5.74, 6) is 0.202. The highest BCUT2D eigenvalue weighted by Crippen LogP contribution is 2.40. The topological polar surface area (TPSA) is 47.6 Å². The lowest BCUT2D eigenvalue weighted by Crippen LogP contribution is -2.58. The average Bonchev–Trinajstić information content (AvgIpc) is 3.01. The van der Waals surface area contributed by atoms with Gasteiger partial charge >= 0.3 is 5.97 Å². The van der Waals surface area contributed by atoms with Gasteiger partial charge in [-0.25, -0.2) is 4.79 Å². The van der Waals surface area contributed by atoms with E-state index in [1.165, 1.54) is 0 Å². The summed E-state index contributed by atoms with van der Waals surface area (Å²) >= 11 is 0. The monoisotopic (exact) mass is 215 g/mol. The summed E-state index contributed by atoms with van der Waals surface area (Å²) in [4.78, 5) is 12.0. The maximum atomic E-state index is 12.0. The van der Waals surface area contributed by atoms with Gasteiger partial charge in [0.05, 0.1) is 13.2 Å². The summed E-state index contributed by atoms with van der Waals surface area (Å²) in [7, 11) is 1.62. The Labute approximate surface area is 91.3 Å². The molecule has 0 radical (unpaired) electrons. The molecule has 0 heterocycles. The highest BCUT2D eigenvalue weighted by atomic mass is 16.5. The van der Waals surface area contributed by atoms with Crippen molar-refractivity contribution in [2.45, 2.75) is 32.2 Å². The highest BCUT2D eigenvalue weighted by molar-refractivity contribution is 5.82. The predicted molar refractivity (Wildman–Crippen MR) is 57.6 cm³/mol. The molecule has 4 nitrogen and oxygen atoms in total. The van der Waals surface area contributed by atoms with Gasteiger partial charge in [0.15, 0.2) is 0 Å². The highest BCUT2D eigenvalue weighted by Gasteiger charge is 2.51. The van der Waals surface area contributed by atoms with Crippen LogP contribution in [0.15, 0.2) is 0 Å². The number of hydrogen-bond acceptors (Lipinski definition) is 4. The van der Waals surface area contributed by atoms with Crippen molar-refractivity contribution in [2.75, 3.05) is 26.9 Å². The van der Waals surface area contributed by atoms with Crippen LogP contribution in [0, 0.1) is 5.92 Å². The van der Waals surface area contributed by atoms with E-state index in [-0.39, 0.29) is 5.97 Å². The minimum atomic E-state index is -0.612. The number of ether oxygens (including phenoxy) is 2. The fourth-order valence-electron chi connectivity index (χ4n) is 1.99. The Bertz CT molecular complexity index is 208. The third kappa shape index (κ3) is 2.69. The van der Waals surface area contributed by atoms with Gasteiger partial charge in [-0.05, 0) is 32.2 Å². The van der Waals surface area contributed by atoms with E-state index in [0.717, 1.165) is 19.4 Å². The molecule has 1 N–H and O–H groups in total. The van der Waals surface area contributed by atoms with E-state index in [4.69, 9.17) is 9.47 Å². The normalized spacial score (nSPS) is 19.7. The van der Waals surface area contributed by atoms with Crippen LogP contribution in [0.5, 0.6) is 0 Å². The van der Waals surface area contributed by atoms with Crippen molar-refractivity contribution in [1.82, 2.24) is 5.32 Å². The van der Waals surface area contributed by atoms with Crippen LogP contribution in [0.2, 0.25) is 0 Å². The minimum Gasteiger partial charge on any atom is -0.465 e. The molecule has 88 valence electrons. The van der Waals surface area contributed by atoms with Gasteiger partial charge in [-0.1, -0.05) is 6.92 Å². The second kappa shape index (κ2) is 5.47. The van der Waals surface area contributed by atoms with E-state index in [0.29, 0.717) is 19.1 Å². The quantitative estimate of drug-likeness (QED) is 0.642. The van der Waals surface area contributed by atoms with Crippen molar-refractivity contribution >= 4 is 5.97 Å². The van der Waals surface area contributed by atoms with Crippen molar-refractivity contribution < 1.29 is 14.3 Å². The van der Waals surface area contributed by atoms with E-state index in [9.17, 15) is 4.79 Å². The smallest absolute Gasteiger partial charge is 0.329 e. The number of carbonyl (C=O) groups excluding carboxylic acids is 1. The standard InChI is InChI=1S/C11H21NO3/c1-4-12-11(8-14-3,9-6-7-9)10(13)15-5-2/h9,12H,4-8H2,1-3H3. The third-order valence-electron chi connectivity index (χ3n) is 2.78. The number of hydrogen-bond donors (Lipinski definition) is 1. The molecule has 0 saturated heterocycles. The first-order valence-electron chi connectivity index (χ1n) is 5.62. The first-order valence-corrected chi connectivity index (χ1v) is 5.62. The van der Waals surface area contributed by atoms with Crippen molar-refractivity contribution in [1.29, 1.82) is 0 Å². The number of likely N-dealkylation sites (N-methyl/N-ethyl adjacent to an activating group) is 1. The summed E-state index contributed by atoms with van der Waals surface area (Å²) in [6.07, 6.45) is 2.16. The van der Waals surface area contributed by atoms with Crippen LogP contribution in [0.1, 0.15) is 26.7 Å². The molecule has 0 aromatic heterocycles. The Morgan fingerprint density at radius 3 is 2.53 bits per heavy atom. The van der Waals surface area contributed by atoms with Crippen LogP contribution in [-0.2, 0) is 14.3 Å². The number of carbonyl (C=O) groups is 1. The van der Waals surface area contributed by atoms with Crippen molar-refractivity contribution in [2.24, 2.45) is 5.92 Å². The molecule has 1 fully saturated rings. The number of nitrogens with one attached hydrogen (secondary N) is 1. The van der Waals surface area contributed by atoms with Gasteiger partial charge in [-0.3, -0.25) is 5.32 Å². The lowest BCUT2D eigenvalue weighted by atomic mass is 9.94. The number of esters is 1. The van der Waals surface area contributed by atoms with Crippen LogP contribution in [0.25, 0.3) is 0 Å². The van der Waals surface area contributed by atoms with E-state index in [2.05, 4.69) is 5.32 Å².